The van der Waals surface area contributed by atoms with E-state index in [1.807, 2.05) is 12.1 Å². The fourth-order valence-corrected chi connectivity index (χ4v) is 4.08. The highest BCUT2D eigenvalue weighted by Crippen LogP contribution is 2.27. The van der Waals surface area contributed by atoms with Crippen LogP contribution < -0.4 is 10.1 Å². The molecule has 2 aliphatic heterocycles. The molecule has 142 valence electrons. The van der Waals surface area contributed by atoms with E-state index in [0.717, 1.165) is 51.1 Å². The molecule has 2 aromatic carbocycles. The number of carbonyl (C=O) groups excluding carboxylic acids is 1. The van der Waals surface area contributed by atoms with Gasteiger partial charge in [0.05, 0.1) is 6.54 Å². The van der Waals surface area contributed by atoms with Crippen LogP contribution in [0.2, 0.25) is 0 Å². The summed E-state index contributed by atoms with van der Waals surface area (Å²) < 4.78 is 6.03. The van der Waals surface area contributed by atoms with Crippen LogP contribution in [-0.4, -0.2) is 36.5 Å². The highest BCUT2D eigenvalue weighted by Gasteiger charge is 2.26. The largest absolute Gasteiger partial charge is 0.488 e. The van der Waals surface area contributed by atoms with E-state index in [4.69, 9.17) is 4.74 Å². The highest BCUT2D eigenvalue weighted by atomic mass is 16.5. The molecule has 27 heavy (non-hydrogen) atoms. The van der Waals surface area contributed by atoms with Gasteiger partial charge in [-0.15, -0.1) is 0 Å². The number of nitrogens with one attached hydrogen (secondary N) is 1. The van der Waals surface area contributed by atoms with Gasteiger partial charge in [-0.2, -0.15) is 0 Å². The first-order chi connectivity index (χ1) is 13.3. The number of fused-ring (bicyclic) bond motifs is 1. The average molecular weight is 364 g/mol. The molecule has 0 saturated carbocycles. The van der Waals surface area contributed by atoms with Gasteiger partial charge in [-0.05, 0) is 56.0 Å². The fourth-order valence-electron chi connectivity index (χ4n) is 4.08. The lowest BCUT2D eigenvalue weighted by Crippen LogP contribution is -2.43. The van der Waals surface area contributed by atoms with Crippen molar-refractivity contribution in [3.8, 4) is 5.75 Å². The lowest BCUT2D eigenvalue weighted by molar-refractivity contribution is -0.126. The number of piperidine rings is 1. The summed E-state index contributed by atoms with van der Waals surface area (Å²) in [7, 11) is 0. The lowest BCUT2D eigenvalue weighted by atomic mass is 9.95. The van der Waals surface area contributed by atoms with Gasteiger partial charge in [0.15, 0.2) is 0 Å². The van der Waals surface area contributed by atoms with E-state index >= 15 is 0 Å². The third kappa shape index (κ3) is 4.69. The Balaban J connectivity index is 1.20. The van der Waals surface area contributed by atoms with Crippen molar-refractivity contribution < 1.29 is 9.53 Å². The minimum absolute atomic E-state index is 0.0852. The molecule has 1 amide bonds. The van der Waals surface area contributed by atoms with Crippen molar-refractivity contribution in [2.45, 2.75) is 38.3 Å². The van der Waals surface area contributed by atoms with Gasteiger partial charge in [0, 0.05) is 12.5 Å². The van der Waals surface area contributed by atoms with Crippen molar-refractivity contribution in [1.29, 1.82) is 0 Å². The molecule has 1 N–H and O–H groups in total. The van der Waals surface area contributed by atoms with Gasteiger partial charge < -0.3 is 10.1 Å². The van der Waals surface area contributed by atoms with Gasteiger partial charge in [0.2, 0.25) is 5.91 Å². The normalized spacial score (nSPS) is 20.5. The molecule has 1 saturated heterocycles. The van der Waals surface area contributed by atoms with Crippen molar-refractivity contribution in [2.75, 3.05) is 19.6 Å². The van der Waals surface area contributed by atoms with E-state index < -0.39 is 0 Å². The molecule has 4 rings (SSSR count). The maximum atomic E-state index is 12.6. The van der Waals surface area contributed by atoms with Crippen molar-refractivity contribution in [3.63, 3.8) is 0 Å². The summed E-state index contributed by atoms with van der Waals surface area (Å²) in [6.07, 6.45) is 3.95. The SMILES string of the molecule is O=C(NCC1CCc2ccccc2O1)C1CCN(Cc2ccccc2)CC1. The Bertz CT molecular complexity index is 754. The summed E-state index contributed by atoms with van der Waals surface area (Å²) >= 11 is 0. The van der Waals surface area contributed by atoms with Crippen LogP contribution in [-0.2, 0) is 17.8 Å². The number of ether oxygens (including phenoxy) is 1. The fraction of sp³-hybridized carbons (Fsp3) is 0.435. The second-order valence-corrected chi connectivity index (χ2v) is 7.67. The van der Waals surface area contributed by atoms with Gasteiger partial charge >= 0.3 is 0 Å². The first-order valence-corrected chi connectivity index (χ1v) is 10.1. The van der Waals surface area contributed by atoms with Crippen LogP contribution >= 0.6 is 0 Å². The van der Waals surface area contributed by atoms with E-state index in [-0.39, 0.29) is 17.9 Å². The number of aryl methyl sites for hydroxylation is 1. The number of carbonyl (C=O) groups is 1. The number of amides is 1. The molecule has 2 aliphatic rings. The number of hydrogen-bond donors (Lipinski definition) is 1. The summed E-state index contributed by atoms with van der Waals surface area (Å²) in [6, 6.07) is 18.7. The zero-order chi connectivity index (χ0) is 18.5. The number of benzene rings is 2. The van der Waals surface area contributed by atoms with E-state index in [9.17, 15) is 4.79 Å². The smallest absolute Gasteiger partial charge is 0.223 e. The molecule has 1 fully saturated rings. The Kier molecular flexibility index (Phi) is 5.73. The molecule has 4 nitrogen and oxygen atoms in total. The van der Waals surface area contributed by atoms with Crippen LogP contribution in [0.5, 0.6) is 5.75 Å². The molecular formula is C23H28N2O2. The van der Waals surface area contributed by atoms with Crippen molar-refractivity contribution in [2.24, 2.45) is 5.92 Å². The predicted molar refractivity (Wildman–Crippen MR) is 107 cm³/mol. The van der Waals surface area contributed by atoms with Gasteiger partial charge in [-0.1, -0.05) is 48.5 Å². The summed E-state index contributed by atoms with van der Waals surface area (Å²) in [4.78, 5) is 15.0. The summed E-state index contributed by atoms with van der Waals surface area (Å²) in [5, 5.41) is 3.13. The summed E-state index contributed by atoms with van der Waals surface area (Å²) in [6.45, 7) is 3.56. The lowest BCUT2D eigenvalue weighted by Gasteiger charge is -2.32. The molecule has 0 aliphatic carbocycles. The standard InChI is InChI=1S/C23H28N2O2/c26-23(24-16-21-11-10-19-8-4-5-9-22(19)27-21)20-12-14-25(15-13-20)17-18-6-2-1-3-7-18/h1-9,20-21H,10-17H2,(H,24,26). The Labute approximate surface area is 161 Å². The first-order valence-electron chi connectivity index (χ1n) is 10.1. The number of hydrogen-bond acceptors (Lipinski definition) is 3. The zero-order valence-electron chi connectivity index (χ0n) is 15.8. The maximum Gasteiger partial charge on any atom is 0.223 e. The molecule has 0 spiro atoms. The van der Waals surface area contributed by atoms with Crippen molar-refractivity contribution in [1.82, 2.24) is 10.2 Å². The second-order valence-electron chi connectivity index (χ2n) is 7.67. The Morgan fingerprint density at radius 1 is 1.00 bits per heavy atom. The minimum Gasteiger partial charge on any atom is -0.488 e. The number of rotatable bonds is 5. The Morgan fingerprint density at radius 2 is 1.74 bits per heavy atom. The van der Waals surface area contributed by atoms with Crippen LogP contribution in [0.1, 0.15) is 30.4 Å². The summed E-state index contributed by atoms with van der Waals surface area (Å²) in [5.74, 6) is 1.29. The Hall–Kier alpha value is -2.33. The van der Waals surface area contributed by atoms with E-state index in [2.05, 4.69) is 52.7 Å². The van der Waals surface area contributed by atoms with E-state index in [1.165, 1.54) is 11.1 Å². The summed E-state index contributed by atoms with van der Waals surface area (Å²) in [5.41, 5.74) is 2.61. The van der Waals surface area contributed by atoms with Gasteiger partial charge in [0.1, 0.15) is 11.9 Å². The number of nitrogens with zero attached hydrogens (tertiary/aromatic N) is 1. The van der Waals surface area contributed by atoms with E-state index in [0.29, 0.717) is 6.54 Å². The average Bonchev–Trinajstić information content (AvgIpc) is 2.73. The van der Waals surface area contributed by atoms with Gasteiger partial charge in [-0.3, -0.25) is 9.69 Å². The third-order valence-corrected chi connectivity index (χ3v) is 5.71. The number of likely N-dealkylation sites (tertiary alicyclic amines) is 1. The molecule has 1 atom stereocenters. The topological polar surface area (TPSA) is 41.6 Å². The first kappa shape index (κ1) is 18.1. The monoisotopic (exact) mass is 364 g/mol. The maximum absolute atomic E-state index is 12.6. The molecule has 4 heteroatoms. The quantitative estimate of drug-likeness (QED) is 0.884. The predicted octanol–water partition coefficient (Wildman–Crippen LogP) is 3.41. The number of para-hydroxylation sites is 1. The molecule has 0 bridgehead atoms. The minimum atomic E-state index is 0.0852. The second kappa shape index (κ2) is 8.57. The van der Waals surface area contributed by atoms with Crippen LogP contribution in [0.25, 0.3) is 0 Å². The van der Waals surface area contributed by atoms with Crippen LogP contribution in [0.4, 0.5) is 0 Å². The third-order valence-electron chi connectivity index (χ3n) is 5.71. The molecule has 0 radical (unpaired) electrons. The highest BCUT2D eigenvalue weighted by molar-refractivity contribution is 5.78. The molecule has 2 aromatic rings. The van der Waals surface area contributed by atoms with Crippen molar-refractivity contribution >= 4 is 5.91 Å². The van der Waals surface area contributed by atoms with Crippen LogP contribution in [0.15, 0.2) is 54.6 Å². The Morgan fingerprint density at radius 3 is 2.56 bits per heavy atom. The van der Waals surface area contributed by atoms with Gasteiger partial charge in [-0.25, -0.2) is 0 Å². The van der Waals surface area contributed by atoms with Crippen molar-refractivity contribution in [3.05, 3.63) is 65.7 Å². The van der Waals surface area contributed by atoms with Gasteiger partial charge in [0.25, 0.3) is 0 Å². The molecule has 0 aromatic heterocycles. The zero-order valence-corrected chi connectivity index (χ0v) is 15.8. The molecule has 2 heterocycles. The molecule has 1 unspecified atom stereocenters. The van der Waals surface area contributed by atoms with Crippen LogP contribution in [0, 0.1) is 5.92 Å². The molecular weight excluding hydrogens is 336 g/mol. The van der Waals surface area contributed by atoms with Crippen LogP contribution in [0.3, 0.4) is 0 Å². The van der Waals surface area contributed by atoms with E-state index in [1.54, 1.807) is 0 Å².